The van der Waals surface area contributed by atoms with Crippen LogP contribution in [0, 0.1) is 11.3 Å². The Morgan fingerprint density at radius 1 is 0.983 bits per heavy atom. The Hall–Kier alpha value is -5.55. The number of carbonyl (C=O) groups is 2. The molecular weight excluding hydrogens is 779 g/mol. The minimum atomic E-state index is -1.63. The van der Waals surface area contributed by atoms with Gasteiger partial charge in [-0.1, -0.05) is 83.9 Å². The van der Waals surface area contributed by atoms with Gasteiger partial charge < -0.3 is 30.3 Å². The average molecular weight is 822 g/mol. The number of hydrogen-bond donors (Lipinski definition) is 5. The van der Waals surface area contributed by atoms with Crippen molar-refractivity contribution in [2.75, 3.05) is 13.2 Å². The van der Waals surface area contributed by atoms with Crippen molar-refractivity contribution in [1.82, 2.24) is 25.9 Å². The first-order valence-corrected chi connectivity index (χ1v) is 19.7. The summed E-state index contributed by atoms with van der Waals surface area (Å²) in [7, 11) is 0. The second-order valence-corrected chi connectivity index (χ2v) is 15.5. The molecule has 14 heteroatoms. The summed E-state index contributed by atoms with van der Waals surface area (Å²) in [5.74, 6) is -0.836. The number of rotatable bonds is 16. The van der Waals surface area contributed by atoms with Gasteiger partial charge in [-0.2, -0.15) is 10.2 Å². The molecule has 0 saturated carbocycles. The van der Waals surface area contributed by atoms with E-state index in [-0.39, 0.29) is 48.0 Å². The molecule has 1 amide bonds. The fraction of sp³-hybridized carbons (Fsp3) is 0.295. The molecule has 3 atom stereocenters. The van der Waals surface area contributed by atoms with E-state index in [1.165, 1.54) is 13.1 Å². The first kappa shape index (κ1) is 40.6. The molecule has 2 aromatic heterocycles. The van der Waals surface area contributed by atoms with E-state index < -0.39 is 18.1 Å². The number of hydrogen-bond acceptors (Lipinski definition) is 10. The first-order chi connectivity index (χ1) is 28.0. The molecule has 0 radical (unpaired) electrons. The molecular formula is C44H42Cl2N6O6. The minimum absolute atomic E-state index is 0.0128. The number of carboxylic acid groups (broad SMARTS) is 1. The first-order valence-electron chi connectivity index (χ1n) is 19.0. The number of carbonyl (C=O) groups excluding carboxylic acids is 1. The van der Waals surface area contributed by atoms with Crippen molar-refractivity contribution >= 4 is 35.1 Å². The number of carboxylic acids is 1. The SMILES string of the molecule is CC(CO)(NCc1cc(Cl)c(O[C@H]2CCc3c(-c4cccc(-c5ccc(CNC[C@@H]6CCC(=O)N6)cc5)c4Cl)cccc32)nc1OCc1cncc(C#N)c1)C(=O)O. The normalized spacial score (nSPS) is 16.9. The second kappa shape index (κ2) is 17.9. The zero-order valence-corrected chi connectivity index (χ0v) is 33.2. The maximum Gasteiger partial charge on any atom is 0.326 e. The van der Waals surface area contributed by atoms with E-state index in [2.05, 4.69) is 62.3 Å². The molecule has 5 N–H and O–H groups in total. The molecule has 0 spiro atoms. The monoisotopic (exact) mass is 820 g/mol. The molecule has 1 unspecified atom stereocenters. The topological polar surface area (TPSA) is 179 Å². The van der Waals surface area contributed by atoms with Crippen LogP contribution in [0.5, 0.6) is 11.8 Å². The van der Waals surface area contributed by atoms with Gasteiger partial charge in [0.05, 0.1) is 17.2 Å². The van der Waals surface area contributed by atoms with Gasteiger partial charge in [0.1, 0.15) is 29.3 Å². The molecule has 0 bridgehead atoms. The van der Waals surface area contributed by atoms with Gasteiger partial charge in [-0.15, -0.1) is 0 Å². The van der Waals surface area contributed by atoms with E-state index in [0.29, 0.717) is 41.1 Å². The van der Waals surface area contributed by atoms with Crippen LogP contribution in [0.4, 0.5) is 0 Å². The Bertz CT molecular complexity index is 2370. The lowest BCUT2D eigenvalue weighted by molar-refractivity contribution is -0.146. The highest BCUT2D eigenvalue weighted by Crippen LogP contribution is 2.44. The summed E-state index contributed by atoms with van der Waals surface area (Å²) >= 11 is 14.0. The van der Waals surface area contributed by atoms with Crippen LogP contribution < -0.4 is 25.4 Å². The Morgan fingerprint density at radius 2 is 1.76 bits per heavy atom. The van der Waals surface area contributed by atoms with E-state index in [1.807, 2.05) is 30.3 Å². The summed E-state index contributed by atoms with van der Waals surface area (Å²) in [6, 6.07) is 26.0. The standard InChI is InChI=1S/C44H42Cl2N6O6/c1-44(25-53,43(55)56)50-22-30-17-37(45)42(52-41(30)57-24-28-16-27(18-47)20-48-21-28)58-38-14-13-34-33(5-3-6-35(34)38)36-7-2-4-32(40(36)46)29-10-8-26(9-11-29)19-49-23-31-12-15-39(54)51-31/h2-11,16-17,20-21,31,38,49-50,53H,12-15,19,22-25H2,1H3,(H,51,54)(H,55,56)/t31-,38-,44?/m0/s1. The molecule has 298 valence electrons. The Kier molecular flexibility index (Phi) is 12.6. The summed E-state index contributed by atoms with van der Waals surface area (Å²) in [5, 5.41) is 38.9. The quantitative estimate of drug-likeness (QED) is 0.0698. The number of amides is 1. The number of aliphatic hydroxyl groups excluding tert-OH is 1. The summed E-state index contributed by atoms with van der Waals surface area (Å²) in [5.41, 5.74) is 6.89. The van der Waals surface area contributed by atoms with Crippen LogP contribution >= 0.6 is 23.2 Å². The lowest BCUT2D eigenvalue weighted by Crippen LogP contribution is -2.52. The average Bonchev–Trinajstić information content (AvgIpc) is 3.85. The van der Waals surface area contributed by atoms with Crippen LogP contribution in [0.25, 0.3) is 22.3 Å². The summed E-state index contributed by atoms with van der Waals surface area (Å²) in [6.07, 6.45) is 5.47. The van der Waals surface area contributed by atoms with Crippen LogP contribution in [0.1, 0.15) is 65.7 Å². The Morgan fingerprint density at radius 3 is 2.50 bits per heavy atom. The summed E-state index contributed by atoms with van der Waals surface area (Å²) < 4.78 is 12.6. The molecule has 2 aliphatic rings. The van der Waals surface area contributed by atoms with E-state index in [1.54, 1.807) is 18.3 Å². The highest BCUT2D eigenvalue weighted by molar-refractivity contribution is 6.36. The molecule has 1 aliphatic carbocycles. The third-order valence-electron chi connectivity index (χ3n) is 10.6. The highest BCUT2D eigenvalue weighted by Gasteiger charge is 2.33. The van der Waals surface area contributed by atoms with Gasteiger partial charge in [0, 0.05) is 66.7 Å². The van der Waals surface area contributed by atoms with Crippen LogP contribution in [-0.2, 0) is 35.7 Å². The van der Waals surface area contributed by atoms with Gasteiger partial charge in [0.2, 0.25) is 17.7 Å². The molecule has 1 saturated heterocycles. The largest absolute Gasteiger partial charge is 0.480 e. The van der Waals surface area contributed by atoms with E-state index in [4.69, 9.17) is 32.7 Å². The molecule has 5 aromatic rings. The molecule has 7 rings (SSSR count). The van der Waals surface area contributed by atoms with Crippen LogP contribution in [0.3, 0.4) is 0 Å². The fourth-order valence-corrected chi connectivity index (χ4v) is 7.76. The third-order valence-corrected chi connectivity index (χ3v) is 11.2. The second-order valence-electron chi connectivity index (χ2n) is 14.7. The van der Waals surface area contributed by atoms with E-state index in [0.717, 1.165) is 58.3 Å². The molecule has 58 heavy (non-hydrogen) atoms. The van der Waals surface area contributed by atoms with Gasteiger partial charge in [-0.3, -0.25) is 19.9 Å². The van der Waals surface area contributed by atoms with Crippen molar-refractivity contribution in [3.8, 4) is 40.1 Å². The minimum Gasteiger partial charge on any atom is -0.480 e. The maximum atomic E-state index is 11.9. The predicted octanol–water partition coefficient (Wildman–Crippen LogP) is 6.93. The number of nitrogens with one attached hydrogen (secondary N) is 3. The Labute approximate surface area is 346 Å². The lowest BCUT2D eigenvalue weighted by atomic mass is 9.93. The van der Waals surface area contributed by atoms with E-state index >= 15 is 0 Å². The molecule has 1 fully saturated rings. The Balaban J connectivity index is 1.10. The van der Waals surface area contributed by atoms with Crippen LogP contribution in [-0.4, -0.2) is 56.8 Å². The van der Waals surface area contributed by atoms with Gasteiger partial charge in [-0.25, -0.2) is 0 Å². The van der Waals surface area contributed by atoms with Crippen molar-refractivity contribution < 1.29 is 29.3 Å². The number of halogens is 2. The van der Waals surface area contributed by atoms with Crippen molar-refractivity contribution in [2.45, 2.75) is 70.0 Å². The number of ether oxygens (including phenoxy) is 2. The van der Waals surface area contributed by atoms with Crippen molar-refractivity contribution in [3.05, 3.63) is 129 Å². The van der Waals surface area contributed by atoms with Crippen molar-refractivity contribution in [3.63, 3.8) is 0 Å². The van der Waals surface area contributed by atoms with Crippen molar-refractivity contribution in [1.29, 1.82) is 5.26 Å². The van der Waals surface area contributed by atoms with Crippen molar-refractivity contribution in [2.24, 2.45) is 0 Å². The highest BCUT2D eigenvalue weighted by atomic mass is 35.5. The smallest absolute Gasteiger partial charge is 0.326 e. The number of aliphatic hydroxyl groups is 1. The molecule has 3 aromatic carbocycles. The van der Waals surface area contributed by atoms with Crippen LogP contribution in [0.15, 0.2) is 85.2 Å². The maximum absolute atomic E-state index is 11.9. The van der Waals surface area contributed by atoms with Crippen LogP contribution in [0.2, 0.25) is 10.0 Å². The number of aliphatic carboxylic acids is 1. The molecule has 3 heterocycles. The van der Waals surface area contributed by atoms with Gasteiger partial charge in [-0.05, 0) is 66.1 Å². The zero-order valence-electron chi connectivity index (χ0n) is 31.7. The zero-order chi connectivity index (χ0) is 40.8. The number of nitriles is 1. The summed E-state index contributed by atoms with van der Waals surface area (Å²) in [4.78, 5) is 32.1. The number of benzene rings is 3. The number of aromatic nitrogens is 2. The number of fused-ring (bicyclic) bond motifs is 1. The van der Waals surface area contributed by atoms with Gasteiger partial charge in [0.15, 0.2) is 0 Å². The fourth-order valence-electron chi connectivity index (χ4n) is 7.21. The predicted molar refractivity (Wildman–Crippen MR) is 219 cm³/mol. The molecule has 1 aliphatic heterocycles. The third kappa shape index (κ3) is 9.10. The van der Waals surface area contributed by atoms with E-state index in [9.17, 15) is 25.1 Å². The summed E-state index contributed by atoms with van der Waals surface area (Å²) in [6.45, 7) is 2.12. The number of nitrogens with zero attached hydrogens (tertiary/aromatic N) is 3. The molecule has 12 nitrogen and oxygen atoms in total. The number of pyridine rings is 2. The van der Waals surface area contributed by atoms with Gasteiger partial charge >= 0.3 is 5.97 Å². The lowest BCUT2D eigenvalue weighted by Gasteiger charge is -2.24. The van der Waals surface area contributed by atoms with Gasteiger partial charge in [0.25, 0.3) is 0 Å².